The Kier molecular flexibility index (Phi) is 12.1. The Morgan fingerprint density at radius 3 is 1.77 bits per heavy atom. The lowest BCUT2D eigenvalue weighted by Gasteiger charge is -2.23. The smallest absolute Gasteiger partial charge is 0.325 e. The number of carboxylic acids is 1. The van der Waals surface area contributed by atoms with E-state index in [2.05, 4.69) is 28.6 Å². The maximum atomic E-state index is 12.6. The first kappa shape index (κ1) is 27.1. The van der Waals surface area contributed by atoms with Gasteiger partial charge in [0.1, 0.15) is 18.1 Å². The van der Waals surface area contributed by atoms with E-state index in [9.17, 15) is 28.8 Å². The lowest BCUT2D eigenvalue weighted by molar-refractivity contribution is -0.141. The minimum Gasteiger partial charge on any atom is -0.480 e. The summed E-state index contributed by atoms with van der Waals surface area (Å²) in [6, 6.07) is -4.82. The minimum atomic E-state index is -1.27. The molecule has 170 valence electrons. The normalized spacial score (nSPS) is 14.5. The van der Waals surface area contributed by atoms with Crippen molar-refractivity contribution in [3.05, 3.63) is 0 Å². The monoisotopic (exact) mass is 448 g/mol. The largest absolute Gasteiger partial charge is 0.480 e. The number of aliphatic carboxylic acids is 1. The standard InChI is InChI=1S/C16H28N6O7S/c1-7(16(28)29)20-15(27)10(6-30)22-14(26)9(3-5-12(19)24)21-13(25)8(17)2-4-11(18)23/h7-10,30H,2-6,17H2,1H3,(H2,18,23)(H2,19,24)(H,20,27)(H,21,25)(H,22,26)(H,28,29). The van der Waals surface area contributed by atoms with Crippen molar-refractivity contribution in [3.8, 4) is 0 Å². The van der Waals surface area contributed by atoms with Crippen molar-refractivity contribution in [3.63, 3.8) is 0 Å². The SMILES string of the molecule is CC(NC(=O)C(CS)NC(=O)C(CCC(N)=O)NC(=O)C(N)CCC(N)=O)C(=O)O. The van der Waals surface area contributed by atoms with E-state index in [0.29, 0.717) is 0 Å². The number of primary amides is 2. The molecule has 14 heteroatoms. The van der Waals surface area contributed by atoms with Gasteiger partial charge < -0.3 is 38.3 Å². The van der Waals surface area contributed by atoms with Crippen molar-refractivity contribution < 1.29 is 33.9 Å². The van der Waals surface area contributed by atoms with E-state index in [4.69, 9.17) is 22.3 Å². The van der Waals surface area contributed by atoms with Gasteiger partial charge in [0.2, 0.25) is 29.5 Å². The molecule has 10 N–H and O–H groups in total. The highest BCUT2D eigenvalue weighted by Crippen LogP contribution is 2.02. The quantitative estimate of drug-likeness (QED) is 0.123. The highest BCUT2D eigenvalue weighted by atomic mass is 32.1. The number of nitrogens with two attached hydrogens (primary N) is 3. The van der Waals surface area contributed by atoms with Crippen molar-refractivity contribution in [2.75, 3.05) is 5.75 Å². The van der Waals surface area contributed by atoms with Gasteiger partial charge >= 0.3 is 5.97 Å². The van der Waals surface area contributed by atoms with Crippen LogP contribution >= 0.6 is 12.6 Å². The van der Waals surface area contributed by atoms with Gasteiger partial charge in [0.15, 0.2) is 0 Å². The first-order valence-electron chi connectivity index (χ1n) is 8.96. The molecule has 0 aliphatic rings. The number of carbonyl (C=O) groups is 6. The summed E-state index contributed by atoms with van der Waals surface area (Å²) in [7, 11) is 0. The third-order valence-electron chi connectivity index (χ3n) is 3.90. The van der Waals surface area contributed by atoms with Gasteiger partial charge in [-0.25, -0.2) is 0 Å². The maximum Gasteiger partial charge on any atom is 0.325 e. The molecule has 0 aromatic carbocycles. The number of nitrogens with one attached hydrogen (secondary N) is 3. The summed E-state index contributed by atoms with van der Waals surface area (Å²) in [5.74, 6) is -5.22. The number of carbonyl (C=O) groups excluding carboxylic acids is 5. The van der Waals surface area contributed by atoms with Crippen LogP contribution in [0.25, 0.3) is 0 Å². The third kappa shape index (κ3) is 10.6. The predicted octanol–water partition coefficient (Wildman–Crippen LogP) is -3.67. The topological polar surface area (TPSA) is 237 Å². The summed E-state index contributed by atoms with van der Waals surface area (Å²) >= 11 is 3.96. The van der Waals surface area contributed by atoms with Crippen LogP contribution in [0.4, 0.5) is 0 Å². The molecule has 0 saturated heterocycles. The molecule has 0 spiro atoms. The van der Waals surface area contributed by atoms with E-state index >= 15 is 0 Å². The maximum absolute atomic E-state index is 12.6. The zero-order valence-electron chi connectivity index (χ0n) is 16.4. The van der Waals surface area contributed by atoms with Gasteiger partial charge in [-0.05, 0) is 19.8 Å². The Labute approximate surface area is 178 Å². The zero-order chi connectivity index (χ0) is 23.4. The lowest BCUT2D eigenvalue weighted by atomic mass is 10.1. The second-order valence-electron chi connectivity index (χ2n) is 6.49. The fourth-order valence-electron chi connectivity index (χ4n) is 2.11. The highest BCUT2D eigenvalue weighted by Gasteiger charge is 2.29. The summed E-state index contributed by atoms with van der Waals surface area (Å²) in [5, 5.41) is 15.7. The zero-order valence-corrected chi connectivity index (χ0v) is 17.3. The summed E-state index contributed by atoms with van der Waals surface area (Å²) in [4.78, 5) is 69.6. The molecule has 0 aliphatic heterocycles. The molecular formula is C16H28N6O7S. The fourth-order valence-corrected chi connectivity index (χ4v) is 2.36. The first-order chi connectivity index (χ1) is 13.9. The van der Waals surface area contributed by atoms with Gasteiger partial charge in [0.05, 0.1) is 6.04 Å². The lowest BCUT2D eigenvalue weighted by Crippen LogP contribution is -2.57. The molecule has 0 saturated carbocycles. The summed E-state index contributed by atoms with van der Waals surface area (Å²) in [5.41, 5.74) is 15.7. The average Bonchev–Trinajstić information content (AvgIpc) is 2.66. The summed E-state index contributed by atoms with van der Waals surface area (Å²) < 4.78 is 0. The third-order valence-corrected chi connectivity index (χ3v) is 4.26. The molecule has 0 aliphatic carbocycles. The molecule has 13 nitrogen and oxygen atoms in total. The molecule has 30 heavy (non-hydrogen) atoms. The summed E-state index contributed by atoms with van der Waals surface area (Å²) in [6.45, 7) is 1.24. The predicted molar refractivity (Wildman–Crippen MR) is 108 cm³/mol. The van der Waals surface area contributed by atoms with E-state index in [0.717, 1.165) is 0 Å². The second kappa shape index (κ2) is 13.4. The van der Waals surface area contributed by atoms with Crippen LogP contribution in [0.1, 0.15) is 32.6 Å². The number of thiol groups is 1. The molecule has 0 fully saturated rings. The van der Waals surface area contributed by atoms with Gasteiger partial charge in [-0.3, -0.25) is 28.8 Å². The molecule has 4 unspecified atom stereocenters. The number of hydrogen-bond donors (Lipinski definition) is 8. The van der Waals surface area contributed by atoms with Crippen molar-refractivity contribution >= 4 is 48.1 Å². The van der Waals surface area contributed by atoms with Crippen LogP contribution in [-0.4, -0.2) is 70.5 Å². The molecule has 4 atom stereocenters. The Bertz CT molecular complexity index is 674. The molecule has 0 radical (unpaired) electrons. The van der Waals surface area contributed by atoms with E-state index in [-0.39, 0.29) is 31.4 Å². The molecule has 0 aromatic rings. The van der Waals surface area contributed by atoms with E-state index in [1.54, 1.807) is 0 Å². The molecule has 0 heterocycles. The van der Waals surface area contributed by atoms with Crippen molar-refractivity contribution in [2.45, 2.75) is 56.8 Å². The fraction of sp³-hybridized carbons (Fsp3) is 0.625. The molecule has 5 amide bonds. The van der Waals surface area contributed by atoms with Gasteiger partial charge in [0, 0.05) is 18.6 Å². The Morgan fingerprint density at radius 1 is 0.833 bits per heavy atom. The Morgan fingerprint density at radius 2 is 1.30 bits per heavy atom. The highest BCUT2D eigenvalue weighted by molar-refractivity contribution is 7.80. The Hall–Kier alpha value is -2.87. The number of rotatable bonds is 14. The van der Waals surface area contributed by atoms with Crippen molar-refractivity contribution in [2.24, 2.45) is 17.2 Å². The van der Waals surface area contributed by atoms with Crippen LogP contribution in [0.2, 0.25) is 0 Å². The van der Waals surface area contributed by atoms with Crippen LogP contribution in [0.5, 0.6) is 0 Å². The molecule has 0 aromatic heterocycles. The molecule has 0 rings (SSSR count). The Balaban J connectivity index is 5.16. The van der Waals surface area contributed by atoms with Gasteiger partial charge in [-0.15, -0.1) is 0 Å². The number of carboxylic acid groups (broad SMARTS) is 1. The number of amides is 5. The molecule has 0 bridgehead atoms. The van der Waals surface area contributed by atoms with Crippen LogP contribution in [0, 0.1) is 0 Å². The second-order valence-corrected chi connectivity index (χ2v) is 6.86. The van der Waals surface area contributed by atoms with Crippen LogP contribution in [0.3, 0.4) is 0 Å². The number of hydrogen-bond acceptors (Lipinski definition) is 8. The summed E-state index contributed by atoms with van der Waals surface area (Å²) in [6.07, 6.45) is -0.624. The minimum absolute atomic E-state index is 0.0555. The molecular weight excluding hydrogens is 420 g/mol. The van der Waals surface area contributed by atoms with Crippen LogP contribution in [0.15, 0.2) is 0 Å². The van der Waals surface area contributed by atoms with E-state index < -0.39 is 59.7 Å². The van der Waals surface area contributed by atoms with Crippen molar-refractivity contribution in [1.29, 1.82) is 0 Å². The van der Waals surface area contributed by atoms with E-state index in [1.165, 1.54) is 6.92 Å². The van der Waals surface area contributed by atoms with Gasteiger partial charge in [0.25, 0.3) is 0 Å². The van der Waals surface area contributed by atoms with Gasteiger partial charge in [-0.2, -0.15) is 12.6 Å². The van der Waals surface area contributed by atoms with Crippen molar-refractivity contribution in [1.82, 2.24) is 16.0 Å². The average molecular weight is 449 g/mol. The van der Waals surface area contributed by atoms with E-state index in [1.807, 2.05) is 0 Å². The van der Waals surface area contributed by atoms with Gasteiger partial charge in [-0.1, -0.05) is 0 Å². The first-order valence-corrected chi connectivity index (χ1v) is 9.59. The van der Waals surface area contributed by atoms with Crippen LogP contribution in [-0.2, 0) is 28.8 Å². The van der Waals surface area contributed by atoms with Crippen LogP contribution < -0.4 is 33.2 Å².